The van der Waals surface area contributed by atoms with Crippen molar-refractivity contribution in [2.75, 3.05) is 0 Å². The van der Waals surface area contributed by atoms with Crippen LogP contribution in [0.3, 0.4) is 0 Å². The van der Waals surface area contributed by atoms with Gasteiger partial charge in [-0.15, -0.1) is 0 Å². The minimum atomic E-state index is -0.325. The fourth-order valence-electron chi connectivity index (χ4n) is 2.72. The van der Waals surface area contributed by atoms with E-state index in [0.717, 1.165) is 12.0 Å². The number of nitrogens with zero attached hydrogens (tertiary/aromatic N) is 1. The quantitative estimate of drug-likeness (QED) is 0.907. The van der Waals surface area contributed by atoms with Crippen LogP contribution in [-0.2, 0) is 16.0 Å². The zero-order chi connectivity index (χ0) is 14.1. The number of ether oxygens (including phenoxy) is 1. The highest BCUT2D eigenvalue weighted by Gasteiger charge is 2.46. The van der Waals surface area contributed by atoms with E-state index in [0.29, 0.717) is 6.42 Å². The molecule has 2 heterocycles. The van der Waals surface area contributed by atoms with Gasteiger partial charge in [0.05, 0.1) is 23.7 Å². The molecule has 1 aliphatic heterocycles. The number of hydrogen-bond donors (Lipinski definition) is 1. The highest BCUT2D eigenvalue weighted by atomic mass is 16.5. The second kappa shape index (κ2) is 4.93. The Balaban J connectivity index is 1.96. The molecular formula is C15H22N2O2. The van der Waals surface area contributed by atoms with Crippen molar-refractivity contribution in [2.45, 2.75) is 57.8 Å². The van der Waals surface area contributed by atoms with Gasteiger partial charge in [0.25, 0.3) is 0 Å². The van der Waals surface area contributed by atoms with Gasteiger partial charge in [-0.1, -0.05) is 6.07 Å². The van der Waals surface area contributed by atoms with Gasteiger partial charge >= 0.3 is 0 Å². The van der Waals surface area contributed by atoms with Gasteiger partial charge < -0.3 is 10.1 Å². The van der Waals surface area contributed by atoms with Gasteiger partial charge in [0.2, 0.25) is 5.91 Å². The molecule has 0 aromatic carbocycles. The van der Waals surface area contributed by atoms with Crippen LogP contribution >= 0.6 is 0 Å². The molecule has 0 radical (unpaired) electrons. The zero-order valence-electron chi connectivity index (χ0n) is 12.1. The fourth-order valence-corrected chi connectivity index (χ4v) is 2.72. The maximum Gasteiger partial charge on any atom is 0.224 e. The van der Waals surface area contributed by atoms with Crippen LogP contribution in [0.4, 0.5) is 0 Å². The number of aromatic nitrogens is 1. The van der Waals surface area contributed by atoms with E-state index in [9.17, 15) is 4.79 Å². The normalized spacial score (nSPS) is 24.1. The molecule has 2 rings (SSSR count). The van der Waals surface area contributed by atoms with Crippen LogP contribution in [0.15, 0.2) is 24.5 Å². The SMILES string of the molecule is CC1(C)C[C@H](NC(=O)Cc2cccnc2)C(C)(C)O1. The zero-order valence-corrected chi connectivity index (χ0v) is 12.1. The number of pyridine rings is 1. The van der Waals surface area contributed by atoms with Crippen LogP contribution in [0.1, 0.15) is 39.7 Å². The Labute approximate surface area is 114 Å². The number of carbonyl (C=O) groups is 1. The van der Waals surface area contributed by atoms with Crippen LogP contribution < -0.4 is 5.32 Å². The summed E-state index contributed by atoms with van der Waals surface area (Å²) in [5.41, 5.74) is 0.417. The molecule has 1 N–H and O–H groups in total. The Morgan fingerprint density at radius 2 is 2.21 bits per heavy atom. The van der Waals surface area contributed by atoms with E-state index in [4.69, 9.17) is 4.74 Å². The summed E-state index contributed by atoms with van der Waals surface area (Å²) in [6.45, 7) is 8.16. The second-order valence-electron chi connectivity index (χ2n) is 6.33. The smallest absolute Gasteiger partial charge is 0.224 e. The summed E-state index contributed by atoms with van der Waals surface area (Å²) in [6, 6.07) is 3.80. The molecule has 1 aliphatic rings. The number of rotatable bonds is 3. The average molecular weight is 262 g/mol. The average Bonchev–Trinajstić information content (AvgIpc) is 2.47. The highest BCUT2D eigenvalue weighted by molar-refractivity contribution is 5.78. The first kappa shape index (κ1) is 14.0. The van der Waals surface area contributed by atoms with E-state index in [-0.39, 0.29) is 23.2 Å². The van der Waals surface area contributed by atoms with Crippen LogP contribution in [0.2, 0.25) is 0 Å². The maximum absolute atomic E-state index is 12.1. The molecule has 0 aliphatic carbocycles. The summed E-state index contributed by atoms with van der Waals surface area (Å²) in [5, 5.41) is 3.08. The van der Waals surface area contributed by atoms with Crippen molar-refractivity contribution >= 4 is 5.91 Å². The molecule has 0 unspecified atom stereocenters. The summed E-state index contributed by atoms with van der Waals surface area (Å²) in [5.74, 6) is 0.0207. The molecule has 0 spiro atoms. The van der Waals surface area contributed by atoms with Crippen molar-refractivity contribution < 1.29 is 9.53 Å². The van der Waals surface area contributed by atoms with E-state index >= 15 is 0 Å². The number of hydrogen-bond acceptors (Lipinski definition) is 3. The lowest BCUT2D eigenvalue weighted by Crippen LogP contribution is -2.46. The van der Waals surface area contributed by atoms with E-state index in [1.807, 2.05) is 26.0 Å². The van der Waals surface area contributed by atoms with Gasteiger partial charge in [0.15, 0.2) is 0 Å². The third-order valence-corrected chi connectivity index (χ3v) is 3.50. The Morgan fingerprint density at radius 1 is 1.47 bits per heavy atom. The van der Waals surface area contributed by atoms with Crippen molar-refractivity contribution in [3.05, 3.63) is 30.1 Å². The van der Waals surface area contributed by atoms with Crippen molar-refractivity contribution in [2.24, 2.45) is 0 Å². The van der Waals surface area contributed by atoms with Crippen molar-refractivity contribution in [3.8, 4) is 0 Å². The third-order valence-electron chi connectivity index (χ3n) is 3.50. The molecule has 1 saturated heterocycles. The minimum absolute atomic E-state index is 0.0207. The molecule has 19 heavy (non-hydrogen) atoms. The Kier molecular flexibility index (Phi) is 3.63. The molecule has 1 aromatic rings. The predicted octanol–water partition coefficient (Wildman–Crippen LogP) is 2.09. The van der Waals surface area contributed by atoms with E-state index in [2.05, 4.69) is 24.1 Å². The molecule has 4 nitrogen and oxygen atoms in total. The predicted molar refractivity (Wildman–Crippen MR) is 73.7 cm³/mol. The fraction of sp³-hybridized carbons (Fsp3) is 0.600. The van der Waals surface area contributed by atoms with Crippen molar-refractivity contribution in [1.29, 1.82) is 0 Å². The Morgan fingerprint density at radius 3 is 2.74 bits per heavy atom. The van der Waals surface area contributed by atoms with Gasteiger partial charge in [0.1, 0.15) is 0 Å². The molecule has 1 fully saturated rings. The number of amides is 1. The molecule has 104 valence electrons. The highest BCUT2D eigenvalue weighted by Crippen LogP contribution is 2.37. The molecule has 1 amide bonds. The molecule has 1 atom stereocenters. The molecule has 0 bridgehead atoms. The topological polar surface area (TPSA) is 51.2 Å². The van der Waals surface area contributed by atoms with Crippen LogP contribution in [0.25, 0.3) is 0 Å². The maximum atomic E-state index is 12.1. The lowest BCUT2D eigenvalue weighted by Gasteiger charge is -2.27. The summed E-state index contributed by atoms with van der Waals surface area (Å²) >= 11 is 0. The van der Waals surface area contributed by atoms with E-state index < -0.39 is 0 Å². The van der Waals surface area contributed by atoms with Gasteiger partial charge in [-0.05, 0) is 45.7 Å². The Bertz CT molecular complexity index is 454. The van der Waals surface area contributed by atoms with Gasteiger partial charge in [0, 0.05) is 12.4 Å². The van der Waals surface area contributed by atoms with Gasteiger partial charge in [-0.2, -0.15) is 0 Å². The van der Waals surface area contributed by atoms with Crippen LogP contribution in [0.5, 0.6) is 0 Å². The van der Waals surface area contributed by atoms with Crippen LogP contribution in [-0.4, -0.2) is 28.1 Å². The summed E-state index contributed by atoms with van der Waals surface area (Å²) in [6.07, 6.45) is 4.62. The summed E-state index contributed by atoms with van der Waals surface area (Å²) in [7, 11) is 0. The first-order valence-corrected chi connectivity index (χ1v) is 6.67. The minimum Gasteiger partial charge on any atom is -0.367 e. The molecule has 0 saturated carbocycles. The summed E-state index contributed by atoms with van der Waals surface area (Å²) < 4.78 is 5.97. The lowest BCUT2D eigenvalue weighted by atomic mass is 9.94. The standard InChI is InChI=1S/C15H22N2O2/c1-14(2)9-12(15(3,4)19-14)17-13(18)8-11-6-5-7-16-10-11/h5-7,10,12H,8-9H2,1-4H3,(H,17,18)/t12-/m0/s1. The summed E-state index contributed by atoms with van der Waals surface area (Å²) in [4.78, 5) is 16.1. The monoisotopic (exact) mass is 262 g/mol. The van der Waals surface area contributed by atoms with Gasteiger partial charge in [-0.25, -0.2) is 0 Å². The van der Waals surface area contributed by atoms with E-state index in [1.54, 1.807) is 12.4 Å². The van der Waals surface area contributed by atoms with Gasteiger partial charge in [-0.3, -0.25) is 9.78 Å². The largest absolute Gasteiger partial charge is 0.367 e. The number of carbonyl (C=O) groups excluding carboxylic acids is 1. The molecular weight excluding hydrogens is 240 g/mol. The second-order valence-corrected chi connectivity index (χ2v) is 6.33. The first-order chi connectivity index (χ1) is 8.78. The van der Waals surface area contributed by atoms with Crippen molar-refractivity contribution in [1.82, 2.24) is 10.3 Å². The first-order valence-electron chi connectivity index (χ1n) is 6.67. The van der Waals surface area contributed by atoms with Crippen molar-refractivity contribution in [3.63, 3.8) is 0 Å². The third kappa shape index (κ3) is 3.53. The van der Waals surface area contributed by atoms with Crippen LogP contribution in [0, 0.1) is 0 Å². The van der Waals surface area contributed by atoms with E-state index in [1.165, 1.54) is 0 Å². The lowest BCUT2D eigenvalue weighted by molar-refractivity contribution is -0.123. The molecule has 4 heteroatoms. The number of nitrogens with one attached hydrogen (secondary N) is 1. The molecule has 1 aromatic heterocycles. The Hall–Kier alpha value is -1.42.